The molecule has 0 radical (unpaired) electrons. The maximum absolute atomic E-state index is 12.8. The van der Waals surface area contributed by atoms with E-state index in [-0.39, 0.29) is 5.91 Å². The first-order valence-electron chi connectivity index (χ1n) is 15.3. The Morgan fingerprint density at radius 3 is 2.07 bits per heavy atom. The molecule has 2 saturated heterocycles. The van der Waals surface area contributed by atoms with Gasteiger partial charge in [-0.3, -0.25) is 4.79 Å². The summed E-state index contributed by atoms with van der Waals surface area (Å²) in [5.74, 6) is 1.47. The fraction of sp³-hybridized carbons (Fsp3) is 0.484. The topological polar surface area (TPSA) is 141 Å². The molecular weight excluding hydrogens is 566 g/mol. The maximum Gasteiger partial charge on any atom is 0.251 e. The van der Waals surface area contributed by atoms with Crippen LogP contribution in [0.1, 0.15) is 71.7 Å². The van der Waals surface area contributed by atoms with Crippen LogP contribution in [0.2, 0.25) is 0 Å². The van der Waals surface area contributed by atoms with E-state index in [1.165, 1.54) is 19.3 Å². The number of benzene rings is 2. The number of aromatic nitrogens is 3. The molecule has 1 aromatic heterocycles. The van der Waals surface area contributed by atoms with E-state index in [4.69, 9.17) is 29.3 Å². The summed E-state index contributed by atoms with van der Waals surface area (Å²) in [6.45, 7) is 5.57. The van der Waals surface area contributed by atoms with Crippen molar-refractivity contribution in [2.75, 3.05) is 54.9 Å². The molecule has 2 aromatic carbocycles. The lowest BCUT2D eigenvalue weighted by Crippen LogP contribution is -2.38. The van der Waals surface area contributed by atoms with Gasteiger partial charge in [-0.1, -0.05) is 61.2 Å². The van der Waals surface area contributed by atoms with E-state index in [9.17, 15) is 4.79 Å². The van der Waals surface area contributed by atoms with E-state index >= 15 is 0 Å². The first-order valence-corrected chi connectivity index (χ1v) is 15.3. The number of anilines is 3. The molecule has 6 rings (SSSR count). The molecule has 0 unspecified atom stereocenters. The lowest BCUT2D eigenvalue weighted by atomic mass is 9.96. The summed E-state index contributed by atoms with van der Waals surface area (Å²) in [5, 5.41) is 9.68. The summed E-state index contributed by atoms with van der Waals surface area (Å²) in [7, 11) is 0. The first kappa shape index (κ1) is 30.2. The van der Waals surface area contributed by atoms with E-state index in [1.54, 1.807) is 24.3 Å². The molecule has 3 aromatic rings. The Labute approximate surface area is 256 Å². The van der Waals surface area contributed by atoms with E-state index in [0.717, 1.165) is 37.1 Å². The molecule has 1 amide bonds. The van der Waals surface area contributed by atoms with Gasteiger partial charge in [0.1, 0.15) is 0 Å². The molecule has 3 fully saturated rings. The predicted molar refractivity (Wildman–Crippen MR) is 162 cm³/mol. The SMILES string of the molecule is Cc1ccc(C2OOC(c3ccc(C(=O)NCCNc4nc(NC5CCCCC5)nc(N5CCOCC5)n4)cc3)OO2)cc1. The van der Waals surface area contributed by atoms with Crippen molar-refractivity contribution in [1.29, 1.82) is 0 Å². The van der Waals surface area contributed by atoms with Gasteiger partial charge in [0.25, 0.3) is 5.91 Å². The minimum Gasteiger partial charge on any atom is -0.378 e. The van der Waals surface area contributed by atoms with Gasteiger partial charge in [-0.2, -0.15) is 34.5 Å². The molecule has 2 aliphatic heterocycles. The van der Waals surface area contributed by atoms with E-state index in [1.807, 2.05) is 31.2 Å². The summed E-state index contributed by atoms with van der Waals surface area (Å²) in [4.78, 5) is 50.4. The van der Waals surface area contributed by atoms with Crippen LogP contribution >= 0.6 is 0 Å². The molecule has 13 heteroatoms. The number of carbonyl (C=O) groups excluding carboxylic acids is 1. The lowest BCUT2D eigenvalue weighted by molar-refractivity contribution is -0.600. The van der Waals surface area contributed by atoms with Crippen LogP contribution < -0.4 is 20.9 Å². The molecule has 44 heavy (non-hydrogen) atoms. The van der Waals surface area contributed by atoms with Gasteiger partial charge in [0, 0.05) is 48.9 Å². The molecule has 1 saturated carbocycles. The third-order valence-corrected chi connectivity index (χ3v) is 7.80. The number of morpholine rings is 1. The molecule has 3 aliphatic rings. The molecule has 13 nitrogen and oxygen atoms in total. The second-order valence-electron chi connectivity index (χ2n) is 11.1. The average Bonchev–Trinajstić information content (AvgIpc) is 3.08. The van der Waals surface area contributed by atoms with Crippen LogP contribution in [0.3, 0.4) is 0 Å². The highest BCUT2D eigenvalue weighted by Gasteiger charge is 2.28. The Balaban J connectivity index is 0.984. The van der Waals surface area contributed by atoms with Crippen molar-refractivity contribution in [1.82, 2.24) is 20.3 Å². The number of carbonyl (C=O) groups is 1. The number of rotatable bonds is 10. The molecule has 0 atom stereocenters. The normalized spacial score (nSPS) is 21.1. The standard InChI is InChI=1S/C31H39N7O6/c1-21-7-9-23(10-8-21)27-41-43-28(44-42-27)24-13-11-22(12-14-24)26(39)32-15-16-33-29-35-30(34-25-5-3-2-4-6-25)37-31(36-29)38-17-19-40-20-18-38/h7-14,25,27-28H,2-6,15-20H2,1H3,(H,32,39)(H2,33,34,35,36,37). The zero-order valence-corrected chi connectivity index (χ0v) is 24.9. The second kappa shape index (κ2) is 14.7. The van der Waals surface area contributed by atoms with E-state index < -0.39 is 12.6 Å². The number of amides is 1. The van der Waals surface area contributed by atoms with Gasteiger partial charge in [0.15, 0.2) is 0 Å². The van der Waals surface area contributed by atoms with Crippen molar-refractivity contribution < 1.29 is 29.1 Å². The number of hydrogen-bond acceptors (Lipinski definition) is 12. The Morgan fingerprint density at radius 1 is 0.795 bits per heavy atom. The molecule has 1 aliphatic carbocycles. The zero-order valence-electron chi connectivity index (χ0n) is 24.9. The molecule has 234 valence electrons. The Kier molecular flexibility index (Phi) is 10.1. The van der Waals surface area contributed by atoms with Crippen LogP contribution in [-0.2, 0) is 24.3 Å². The highest BCUT2D eigenvalue weighted by molar-refractivity contribution is 5.94. The van der Waals surface area contributed by atoms with Crippen molar-refractivity contribution >= 4 is 23.8 Å². The summed E-state index contributed by atoms with van der Waals surface area (Å²) in [6, 6.07) is 14.9. The van der Waals surface area contributed by atoms with E-state index in [0.29, 0.717) is 61.3 Å². The van der Waals surface area contributed by atoms with Crippen LogP contribution in [0.5, 0.6) is 0 Å². The average molecular weight is 606 g/mol. The van der Waals surface area contributed by atoms with E-state index in [2.05, 4.69) is 30.8 Å². The minimum absolute atomic E-state index is 0.208. The quantitative estimate of drug-likeness (QED) is 0.225. The van der Waals surface area contributed by atoms with Crippen molar-refractivity contribution in [2.45, 2.75) is 57.6 Å². The highest BCUT2D eigenvalue weighted by Crippen LogP contribution is 2.32. The third kappa shape index (κ3) is 7.98. The molecule has 0 spiro atoms. The van der Waals surface area contributed by atoms with Gasteiger partial charge in [-0.25, -0.2) is 0 Å². The van der Waals surface area contributed by atoms with Gasteiger partial charge < -0.3 is 25.6 Å². The molecular formula is C31H39N7O6. The number of nitrogens with one attached hydrogen (secondary N) is 3. The second-order valence-corrected chi connectivity index (χ2v) is 11.1. The summed E-state index contributed by atoms with van der Waals surface area (Å²) in [6.07, 6.45) is 4.28. The molecule has 3 N–H and O–H groups in total. The third-order valence-electron chi connectivity index (χ3n) is 7.80. The monoisotopic (exact) mass is 605 g/mol. The van der Waals surface area contributed by atoms with Crippen molar-refractivity contribution in [3.63, 3.8) is 0 Å². The van der Waals surface area contributed by atoms with Gasteiger partial charge in [0.2, 0.25) is 30.4 Å². The molecule has 0 bridgehead atoms. The zero-order chi connectivity index (χ0) is 30.1. The lowest BCUT2D eigenvalue weighted by Gasteiger charge is -2.28. The minimum atomic E-state index is -0.877. The Hall–Kier alpha value is -3.88. The fourth-order valence-corrected chi connectivity index (χ4v) is 5.27. The Bertz CT molecular complexity index is 1360. The van der Waals surface area contributed by atoms with Crippen molar-refractivity contribution in [3.05, 3.63) is 70.8 Å². The number of nitrogens with zero attached hydrogens (tertiary/aromatic N) is 4. The van der Waals surface area contributed by atoms with Crippen LogP contribution in [0.25, 0.3) is 0 Å². The van der Waals surface area contributed by atoms with Gasteiger partial charge in [0.05, 0.1) is 13.2 Å². The summed E-state index contributed by atoms with van der Waals surface area (Å²) >= 11 is 0. The smallest absolute Gasteiger partial charge is 0.251 e. The van der Waals surface area contributed by atoms with Crippen molar-refractivity contribution in [2.24, 2.45) is 0 Å². The number of ether oxygens (including phenoxy) is 1. The summed E-state index contributed by atoms with van der Waals surface area (Å²) in [5.41, 5.74) is 3.05. The highest BCUT2D eigenvalue weighted by atomic mass is 17.4. The number of aryl methyl sites for hydroxylation is 1. The van der Waals surface area contributed by atoms with Crippen LogP contribution in [-0.4, -0.2) is 66.3 Å². The first-order chi connectivity index (χ1) is 21.6. The summed E-state index contributed by atoms with van der Waals surface area (Å²) < 4.78 is 5.49. The van der Waals surface area contributed by atoms with Crippen LogP contribution in [0.15, 0.2) is 48.5 Å². The maximum atomic E-state index is 12.8. The van der Waals surface area contributed by atoms with Crippen LogP contribution in [0.4, 0.5) is 17.8 Å². The van der Waals surface area contributed by atoms with Crippen molar-refractivity contribution in [3.8, 4) is 0 Å². The largest absolute Gasteiger partial charge is 0.378 e. The van der Waals surface area contributed by atoms with Crippen LogP contribution in [0, 0.1) is 6.92 Å². The molecule has 3 heterocycles. The van der Waals surface area contributed by atoms with Gasteiger partial charge in [-0.15, -0.1) is 0 Å². The van der Waals surface area contributed by atoms with Gasteiger partial charge in [-0.05, 0) is 31.9 Å². The number of hydrogen-bond donors (Lipinski definition) is 3. The Morgan fingerprint density at radius 2 is 1.41 bits per heavy atom. The fourth-order valence-electron chi connectivity index (χ4n) is 5.27. The van der Waals surface area contributed by atoms with Gasteiger partial charge >= 0.3 is 0 Å². The predicted octanol–water partition coefficient (Wildman–Crippen LogP) is 4.21.